The van der Waals surface area contributed by atoms with Gasteiger partial charge in [0.05, 0.1) is 6.42 Å². The minimum Gasteiger partial charge on any atom is -0.294 e. The standard InChI is InChI=1S/C20H25F2N3OS/c1-13-7-8-19(14-5-3-2-4-6-14)27-25(13)12-16-10-17(21)15(9-18(16)22)11-20(26)24-23/h3,5-6,9-10,13,19H,2,4,7-8,11-12,23H2,1H3,(H,24,26)/t13-,19?/m0/s1. The number of allylic oxidation sites excluding steroid dienone is 3. The second-order valence-electron chi connectivity index (χ2n) is 7.06. The molecule has 0 radical (unpaired) electrons. The summed E-state index contributed by atoms with van der Waals surface area (Å²) in [6.45, 7) is 2.44. The molecule has 1 aliphatic carbocycles. The molecular weight excluding hydrogens is 368 g/mol. The van der Waals surface area contributed by atoms with Crippen molar-refractivity contribution in [2.45, 2.75) is 56.9 Å². The average molecular weight is 394 g/mol. The molecule has 1 amide bonds. The van der Waals surface area contributed by atoms with Gasteiger partial charge >= 0.3 is 0 Å². The van der Waals surface area contributed by atoms with Crippen molar-refractivity contribution in [1.29, 1.82) is 0 Å². The number of nitrogens with one attached hydrogen (secondary N) is 1. The Morgan fingerprint density at radius 3 is 2.70 bits per heavy atom. The van der Waals surface area contributed by atoms with Crippen LogP contribution in [0.15, 0.2) is 35.9 Å². The molecule has 0 saturated carbocycles. The van der Waals surface area contributed by atoms with Crippen LogP contribution >= 0.6 is 11.9 Å². The minimum atomic E-state index is -0.584. The first-order valence-electron chi connectivity index (χ1n) is 9.24. The number of carbonyl (C=O) groups is 1. The molecule has 3 N–H and O–H groups in total. The lowest BCUT2D eigenvalue weighted by atomic mass is 9.99. The quantitative estimate of drug-likeness (QED) is 0.346. The van der Waals surface area contributed by atoms with E-state index in [0.717, 1.165) is 31.7 Å². The molecule has 7 heteroatoms. The smallest absolute Gasteiger partial charge is 0.238 e. The van der Waals surface area contributed by atoms with Crippen LogP contribution in [0.1, 0.15) is 43.7 Å². The number of rotatable bonds is 5. The molecule has 2 aliphatic rings. The summed E-state index contributed by atoms with van der Waals surface area (Å²) in [5, 5.41) is 0.359. The maximum Gasteiger partial charge on any atom is 0.238 e. The number of nitrogens with two attached hydrogens (primary N) is 1. The predicted octanol–water partition coefficient (Wildman–Crippen LogP) is 3.77. The van der Waals surface area contributed by atoms with Crippen molar-refractivity contribution in [1.82, 2.24) is 9.73 Å². The zero-order chi connectivity index (χ0) is 19.4. The van der Waals surface area contributed by atoms with E-state index in [0.29, 0.717) is 17.4 Å². The predicted molar refractivity (Wildman–Crippen MR) is 104 cm³/mol. The molecule has 4 nitrogen and oxygen atoms in total. The van der Waals surface area contributed by atoms with Gasteiger partial charge in [-0.15, -0.1) is 0 Å². The molecular formula is C20H25F2N3OS. The fourth-order valence-electron chi connectivity index (χ4n) is 3.43. The molecule has 1 aromatic carbocycles. The normalized spacial score (nSPS) is 23.2. The SMILES string of the molecule is C[C@H]1CCC(C2=CCCC=C2)SN1Cc1cc(F)c(CC(=O)NN)cc1F. The molecule has 1 heterocycles. The lowest BCUT2D eigenvalue weighted by Crippen LogP contribution is -2.35. The van der Waals surface area contributed by atoms with Crippen molar-refractivity contribution in [3.8, 4) is 0 Å². The van der Waals surface area contributed by atoms with Crippen LogP contribution in [0.5, 0.6) is 0 Å². The van der Waals surface area contributed by atoms with Crippen molar-refractivity contribution in [3.05, 3.63) is 58.7 Å². The van der Waals surface area contributed by atoms with E-state index < -0.39 is 17.5 Å². The molecule has 0 aromatic heterocycles. The van der Waals surface area contributed by atoms with Crippen LogP contribution in [-0.4, -0.2) is 21.5 Å². The summed E-state index contributed by atoms with van der Waals surface area (Å²) < 4.78 is 31.0. The van der Waals surface area contributed by atoms with E-state index >= 15 is 0 Å². The topological polar surface area (TPSA) is 58.4 Å². The minimum absolute atomic E-state index is 0.00826. The Hall–Kier alpha value is -1.70. The third kappa shape index (κ3) is 4.97. The van der Waals surface area contributed by atoms with Gasteiger partial charge in [0, 0.05) is 29.0 Å². The van der Waals surface area contributed by atoms with Gasteiger partial charge in [0.15, 0.2) is 0 Å². The zero-order valence-electron chi connectivity index (χ0n) is 15.4. The van der Waals surface area contributed by atoms with Crippen LogP contribution in [0.3, 0.4) is 0 Å². The number of carbonyl (C=O) groups excluding carboxylic acids is 1. The monoisotopic (exact) mass is 393 g/mol. The van der Waals surface area contributed by atoms with Crippen LogP contribution in [0.2, 0.25) is 0 Å². The molecule has 1 saturated heterocycles. The van der Waals surface area contributed by atoms with Gasteiger partial charge in [0.2, 0.25) is 5.91 Å². The van der Waals surface area contributed by atoms with Crippen molar-refractivity contribution in [3.63, 3.8) is 0 Å². The molecule has 0 bridgehead atoms. The number of hydrazine groups is 1. The molecule has 1 unspecified atom stereocenters. The van der Waals surface area contributed by atoms with Crippen LogP contribution in [0.4, 0.5) is 8.78 Å². The van der Waals surface area contributed by atoms with E-state index in [9.17, 15) is 13.6 Å². The Morgan fingerprint density at radius 2 is 2.00 bits per heavy atom. The molecule has 1 fully saturated rings. The average Bonchev–Trinajstić information content (AvgIpc) is 2.68. The number of benzene rings is 1. The van der Waals surface area contributed by atoms with E-state index in [2.05, 4.69) is 29.5 Å². The van der Waals surface area contributed by atoms with Gasteiger partial charge in [-0.05, 0) is 50.3 Å². The van der Waals surface area contributed by atoms with Crippen molar-refractivity contribution < 1.29 is 13.6 Å². The summed E-state index contributed by atoms with van der Waals surface area (Å²) in [6.07, 6.45) is 10.6. The number of hydrogen-bond acceptors (Lipinski definition) is 4. The molecule has 27 heavy (non-hydrogen) atoms. The van der Waals surface area contributed by atoms with Crippen LogP contribution in [0, 0.1) is 11.6 Å². The Labute approximate surface area is 163 Å². The highest BCUT2D eigenvalue weighted by atomic mass is 32.2. The van der Waals surface area contributed by atoms with Gasteiger partial charge in [-0.1, -0.05) is 30.2 Å². The molecule has 146 valence electrons. The number of hydrogen-bond donors (Lipinski definition) is 2. The van der Waals surface area contributed by atoms with Crippen molar-refractivity contribution >= 4 is 17.9 Å². The molecule has 2 atom stereocenters. The number of nitrogens with zero attached hydrogens (tertiary/aromatic N) is 1. The fourth-order valence-corrected chi connectivity index (χ4v) is 4.82. The van der Waals surface area contributed by atoms with Crippen LogP contribution < -0.4 is 11.3 Å². The van der Waals surface area contributed by atoms with Gasteiger partial charge in [0.1, 0.15) is 11.6 Å². The number of amides is 1. The lowest BCUT2D eigenvalue weighted by Gasteiger charge is -2.37. The highest BCUT2D eigenvalue weighted by molar-refractivity contribution is 7.97. The van der Waals surface area contributed by atoms with E-state index in [1.165, 1.54) is 11.6 Å². The van der Waals surface area contributed by atoms with Gasteiger partial charge in [-0.2, -0.15) is 0 Å². The van der Waals surface area contributed by atoms with E-state index in [4.69, 9.17) is 5.84 Å². The first kappa shape index (κ1) is 20.0. The van der Waals surface area contributed by atoms with Gasteiger partial charge in [-0.3, -0.25) is 10.2 Å². The van der Waals surface area contributed by atoms with E-state index in [1.807, 2.05) is 5.43 Å². The molecule has 1 aliphatic heterocycles. The molecule has 0 spiro atoms. The van der Waals surface area contributed by atoms with Gasteiger partial charge < -0.3 is 0 Å². The second kappa shape index (κ2) is 8.99. The van der Waals surface area contributed by atoms with Crippen molar-refractivity contribution in [2.24, 2.45) is 5.84 Å². The number of halogens is 2. The van der Waals surface area contributed by atoms with Crippen molar-refractivity contribution in [2.75, 3.05) is 0 Å². The fraction of sp³-hybridized carbons (Fsp3) is 0.450. The van der Waals surface area contributed by atoms with Crippen LogP contribution in [0.25, 0.3) is 0 Å². The maximum atomic E-state index is 14.5. The maximum absolute atomic E-state index is 14.5. The third-order valence-corrected chi connectivity index (χ3v) is 6.57. The first-order chi connectivity index (χ1) is 13.0. The summed E-state index contributed by atoms with van der Waals surface area (Å²) in [7, 11) is 0. The molecule has 3 rings (SSSR count). The van der Waals surface area contributed by atoms with E-state index in [-0.39, 0.29) is 18.0 Å². The summed E-state index contributed by atoms with van der Waals surface area (Å²) in [5.74, 6) is 3.38. The van der Waals surface area contributed by atoms with Crippen LogP contribution in [-0.2, 0) is 17.8 Å². The molecule has 1 aromatic rings. The Morgan fingerprint density at radius 1 is 1.26 bits per heavy atom. The Bertz CT molecular complexity index is 766. The summed E-state index contributed by atoms with van der Waals surface area (Å²) in [5.41, 5.74) is 3.57. The van der Waals surface area contributed by atoms with Gasteiger partial charge in [0.25, 0.3) is 0 Å². The Kier molecular flexibility index (Phi) is 6.68. The summed E-state index contributed by atoms with van der Waals surface area (Å²) >= 11 is 1.72. The summed E-state index contributed by atoms with van der Waals surface area (Å²) in [4.78, 5) is 11.3. The van der Waals surface area contributed by atoms with Gasteiger partial charge in [-0.25, -0.2) is 18.9 Å². The van der Waals surface area contributed by atoms with E-state index in [1.54, 1.807) is 11.9 Å². The summed E-state index contributed by atoms with van der Waals surface area (Å²) in [6, 6.07) is 2.58. The largest absolute Gasteiger partial charge is 0.294 e. The highest BCUT2D eigenvalue weighted by Crippen LogP contribution is 2.38. The Balaban J connectivity index is 1.73. The second-order valence-corrected chi connectivity index (χ2v) is 8.31. The lowest BCUT2D eigenvalue weighted by molar-refractivity contribution is -0.120. The first-order valence-corrected chi connectivity index (χ1v) is 10.1. The zero-order valence-corrected chi connectivity index (χ0v) is 16.2. The highest BCUT2D eigenvalue weighted by Gasteiger charge is 2.29. The third-order valence-electron chi connectivity index (χ3n) is 5.05.